The van der Waals surface area contributed by atoms with E-state index in [9.17, 15) is 4.79 Å². The van der Waals surface area contributed by atoms with Gasteiger partial charge in [0.15, 0.2) is 0 Å². The van der Waals surface area contributed by atoms with E-state index >= 15 is 0 Å². The number of hydrogen-bond donors (Lipinski definition) is 1. The molecule has 1 unspecified atom stereocenters. The highest BCUT2D eigenvalue weighted by Gasteiger charge is 2.39. The van der Waals surface area contributed by atoms with E-state index in [4.69, 9.17) is 5.73 Å². The first-order valence-corrected chi connectivity index (χ1v) is 8.34. The number of primary amides is 1. The molecular weight excluding hydrogens is 276 g/mol. The van der Waals surface area contributed by atoms with Crippen LogP contribution in [0, 0.1) is 0 Å². The van der Waals surface area contributed by atoms with Crippen molar-refractivity contribution >= 4 is 11.7 Å². The first kappa shape index (κ1) is 15.3. The van der Waals surface area contributed by atoms with Gasteiger partial charge in [-0.1, -0.05) is 6.07 Å². The number of nitrogens with zero attached hydrogens (tertiary/aromatic N) is 3. The summed E-state index contributed by atoms with van der Waals surface area (Å²) in [6, 6.07) is 4.24. The van der Waals surface area contributed by atoms with Gasteiger partial charge in [-0.2, -0.15) is 0 Å². The Morgan fingerprint density at radius 3 is 2.59 bits per heavy atom. The average molecular weight is 302 g/mol. The van der Waals surface area contributed by atoms with Crippen LogP contribution in [0.3, 0.4) is 0 Å². The van der Waals surface area contributed by atoms with Crippen molar-refractivity contribution in [2.75, 3.05) is 24.5 Å². The lowest BCUT2D eigenvalue weighted by molar-refractivity contribution is -0.132. The summed E-state index contributed by atoms with van der Waals surface area (Å²) < 4.78 is 0. The number of aromatic nitrogens is 1. The summed E-state index contributed by atoms with van der Waals surface area (Å²) in [5, 5.41) is 0. The third-order valence-electron chi connectivity index (χ3n) is 5.18. The Kier molecular flexibility index (Phi) is 4.34. The fraction of sp³-hybridized carbons (Fsp3) is 0.647. The van der Waals surface area contributed by atoms with E-state index in [1.165, 1.54) is 12.8 Å². The Balaban J connectivity index is 1.70. The largest absolute Gasteiger partial charge is 0.368 e. The van der Waals surface area contributed by atoms with E-state index < -0.39 is 5.54 Å². The highest BCUT2D eigenvalue weighted by Crippen LogP contribution is 2.29. The molecule has 1 atom stereocenters. The molecule has 1 amide bonds. The summed E-state index contributed by atoms with van der Waals surface area (Å²) in [6.07, 6.45) is 7.51. The minimum Gasteiger partial charge on any atom is -0.368 e. The molecule has 5 heteroatoms. The van der Waals surface area contributed by atoms with Gasteiger partial charge in [-0.15, -0.1) is 0 Å². The van der Waals surface area contributed by atoms with Crippen molar-refractivity contribution in [2.24, 2.45) is 5.73 Å². The zero-order valence-corrected chi connectivity index (χ0v) is 13.4. The molecule has 2 saturated heterocycles. The number of pyridine rings is 1. The summed E-state index contributed by atoms with van der Waals surface area (Å²) in [7, 11) is 0. The molecule has 0 bridgehead atoms. The van der Waals surface area contributed by atoms with Gasteiger partial charge in [0, 0.05) is 25.8 Å². The third-order valence-corrected chi connectivity index (χ3v) is 5.18. The quantitative estimate of drug-likeness (QED) is 0.923. The van der Waals surface area contributed by atoms with Gasteiger partial charge in [-0.25, -0.2) is 4.98 Å². The van der Waals surface area contributed by atoms with Gasteiger partial charge in [0.2, 0.25) is 5.91 Å². The van der Waals surface area contributed by atoms with Gasteiger partial charge < -0.3 is 10.6 Å². The summed E-state index contributed by atoms with van der Waals surface area (Å²) in [5.41, 5.74) is 6.28. The summed E-state index contributed by atoms with van der Waals surface area (Å²) in [6.45, 7) is 5.86. The van der Waals surface area contributed by atoms with Crippen molar-refractivity contribution in [3.05, 3.63) is 23.9 Å². The first-order valence-electron chi connectivity index (χ1n) is 8.34. The standard InChI is InChI=1S/C17H26N4O/c1-17(16(18)22)8-2-3-11-21(17)13-14-6-7-15(19-12-14)20-9-4-5-10-20/h6-7,12H,2-5,8-11,13H2,1H3,(H2,18,22). The van der Waals surface area contributed by atoms with E-state index in [2.05, 4.69) is 26.9 Å². The minimum atomic E-state index is -0.522. The van der Waals surface area contributed by atoms with E-state index in [1.54, 1.807) is 0 Å². The fourth-order valence-electron chi connectivity index (χ4n) is 3.57. The van der Waals surface area contributed by atoms with Crippen molar-refractivity contribution in [3.8, 4) is 0 Å². The van der Waals surface area contributed by atoms with E-state index in [1.807, 2.05) is 13.1 Å². The molecule has 22 heavy (non-hydrogen) atoms. The van der Waals surface area contributed by atoms with Gasteiger partial charge in [0.05, 0.1) is 5.54 Å². The maximum absolute atomic E-state index is 11.9. The van der Waals surface area contributed by atoms with Crippen molar-refractivity contribution in [1.29, 1.82) is 0 Å². The number of carbonyl (C=O) groups excluding carboxylic acids is 1. The van der Waals surface area contributed by atoms with Gasteiger partial charge in [-0.3, -0.25) is 9.69 Å². The molecule has 2 N–H and O–H groups in total. The number of likely N-dealkylation sites (tertiary alicyclic amines) is 1. The molecule has 3 heterocycles. The fourth-order valence-corrected chi connectivity index (χ4v) is 3.57. The molecule has 5 nitrogen and oxygen atoms in total. The number of nitrogens with two attached hydrogens (primary N) is 1. The Hall–Kier alpha value is -1.62. The molecule has 0 radical (unpaired) electrons. The van der Waals surface area contributed by atoms with Gasteiger partial charge in [-0.05, 0) is 57.2 Å². The van der Waals surface area contributed by atoms with Crippen LogP contribution in [-0.4, -0.2) is 41.0 Å². The molecule has 2 fully saturated rings. The van der Waals surface area contributed by atoms with E-state index in [0.717, 1.165) is 56.8 Å². The molecule has 3 rings (SSSR count). The first-order chi connectivity index (χ1) is 10.6. The van der Waals surface area contributed by atoms with Crippen LogP contribution >= 0.6 is 0 Å². The number of anilines is 1. The Morgan fingerprint density at radius 2 is 1.95 bits per heavy atom. The normalized spacial score (nSPS) is 26.3. The van der Waals surface area contributed by atoms with Gasteiger partial charge >= 0.3 is 0 Å². The summed E-state index contributed by atoms with van der Waals surface area (Å²) >= 11 is 0. The Labute approximate surface area is 132 Å². The summed E-state index contributed by atoms with van der Waals surface area (Å²) in [4.78, 5) is 21.0. The highest BCUT2D eigenvalue weighted by atomic mass is 16.1. The van der Waals surface area contributed by atoms with E-state index in [0.29, 0.717) is 0 Å². The van der Waals surface area contributed by atoms with Crippen molar-refractivity contribution in [3.63, 3.8) is 0 Å². The molecule has 1 aromatic rings. The Morgan fingerprint density at radius 1 is 1.23 bits per heavy atom. The predicted molar refractivity (Wildman–Crippen MR) is 87.5 cm³/mol. The maximum atomic E-state index is 11.9. The van der Waals surface area contributed by atoms with Crippen molar-refractivity contribution in [1.82, 2.24) is 9.88 Å². The molecule has 0 saturated carbocycles. The van der Waals surface area contributed by atoms with Crippen LogP contribution < -0.4 is 10.6 Å². The lowest BCUT2D eigenvalue weighted by Gasteiger charge is -2.42. The van der Waals surface area contributed by atoms with Crippen LogP contribution in [0.2, 0.25) is 0 Å². The SMILES string of the molecule is CC1(C(N)=O)CCCCN1Cc1ccc(N2CCCC2)nc1. The topological polar surface area (TPSA) is 62.5 Å². The third kappa shape index (κ3) is 2.95. The molecular formula is C17H26N4O. The van der Waals surface area contributed by atoms with Crippen LogP contribution in [0.1, 0.15) is 44.6 Å². The monoisotopic (exact) mass is 302 g/mol. The van der Waals surface area contributed by atoms with Crippen molar-refractivity contribution < 1.29 is 4.79 Å². The highest BCUT2D eigenvalue weighted by molar-refractivity contribution is 5.84. The predicted octanol–water partition coefficient (Wildman–Crippen LogP) is 1.91. The molecule has 120 valence electrons. The summed E-state index contributed by atoms with van der Waals surface area (Å²) in [5.74, 6) is 0.853. The van der Waals surface area contributed by atoms with Gasteiger partial charge in [0.25, 0.3) is 0 Å². The average Bonchev–Trinajstić information content (AvgIpc) is 3.04. The van der Waals surface area contributed by atoms with E-state index in [-0.39, 0.29) is 5.91 Å². The molecule has 0 spiro atoms. The van der Waals surface area contributed by atoms with Crippen LogP contribution in [-0.2, 0) is 11.3 Å². The molecule has 1 aromatic heterocycles. The minimum absolute atomic E-state index is 0.214. The second-order valence-electron chi connectivity index (χ2n) is 6.74. The molecule has 0 aromatic carbocycles. The molecule has 2 aliphatic heterocycles. The Bertz CT molecular complexity index is 524. The number of piperidine rings is 1. The number of carbonyl (C=O) groups is 1. The zero-order valence-electron chi connectivity index (χ0n) is 13.4. The molecule has 2 aliphatic rings. The second-order valence-corrected chi connectivity index (χ2v) is 6.74. The lowest BCUT2D eigenvalue weighted by Crippen LogP contribution is -2.57. The second kappa shape index (κ2) is 6.24. The van der Waals surface area contributed by atoms with Crippen LogP contribution in [0.4, 0.5) is 5.82 Å². The molecule has 0 aliphatic carbocycles. The van der Waals surface area contributed by atoms with Crippen LogP contribution in [0.5, 0.6) is 0 Å². The van der Waals surface area contributed by atoms with Crippen LogP contribution in [0.25, 0.3) is 0 Å². The maximum Gasteiger partial charge on any atom is 0.237 e. The van der Waals surface area contributed by atoms with Crippen LogP contribution in [0.15, 0.2) is 18.3 Å². The zero-order chi connectivity index (χ0) is 15.6. The van der Waals surface area contributed by atoms with Crippen molar-refractivity contribution in [2.45, 2.75) is 51.1 Å². The number of hydrogen-bond acceptors (Lipinski definition) is 4. The number of amides is 1. The number of rotatable bonds is 4. The van der Waals surface area contributed by atoms with Gasteiger partial charge in [0.1, 0.15) is 5.82 Å². The lowest BCUT2D eigenvalue weighted by atomic mass is 9.87. The smallest absolute Gasteiger partial charge is 0.237 e.